The summed E-state index contributed by atoms with van der Waals surface area (Å²) in [6, 6.07) is 6.12. The summed E-state index contributed by atoms with van der Waals surface area (Å²) in [6.45, 7) is 1.59. The van der Waals surface area contributed by atoms with Gasteiger partial charge in [-0.2, -0.15) is 0 Å². The van der Waals surface area contributed by atoms with E-state index in [1.54, 1.807) is 31.2 Å². The summed E-state index contributed by atoms with van der Waals surface area (Å²) in [5, 5.41) is 3.17. The van der Waals surface area contributed by atoms with E-state index < -0.39 is 23.4 Å². The van der Waals surface area contributed by atoms with E-state index in [2.05, 4.69) is 5.32 Å². The Bertz CT molecular complexity index is 573. The van der Waals surface area contributed by atoms with Crippen LogP contribution in [0.3, 0.4) is 0 Å². The zero-order chi connectivity index (χ0) is 14.9. The first-order valence-electron chi connectivity index (χ1n) is 6.03. The highest BCUT2D eigenvalue weighted by atomic mass is 35.5. The lowest BCUT2D eigenvalue weighted by Gasteiger charge is -2.22. The molecule has 0 aromatic heterocycles. The number of rotatable bonds is 4. The van der Waals surface area contributed by atoms with Crippen molar-refractivity contribution in [3.63, 3.8) is 0 Å². The second-order valence-electron chi connectivity index (χ2n) is 4.74. The molecule has 0 radical (unpaired) electrons. The van der Waals surface area contributed by atoms with Gasteiger partial charge < -0.3 is 11.1 Å². The Labute approximate surface area is 120 Å². The maximum atomic E-state index is 12.4. The van der Waals surface area contributed by atoms with Crippen LogP contribution in [0.4, 0.5) is 4.79 Å². The third kappa shape index (κ3) is 2.46. The lowest BCUT2D eigenvalue weighted by molar-refractivity contribution is -0.131. The Morgan fingerprint density at radius 3 is 2.50 bits per heavy atom. The number of halogens is 1. The number of carbonyl (C=O) groups is 3. The first-order chi connectivity index (χ1) is 9.34. The van der Waals surface area contributed by atoms with Crippen molar-refractivity contribution in [2.24, 2.45) is 5.73 Å². The van der Waals surface area contributed by atoms with Crippen LogP contribution in [0.5, 0.6) is 0 Å². The summed E-state index contributed by atoms with van der Waals surface area (Å²) in [7, 11) is 0. The maximum absolute atomic E-state index is 12.4. The predicted molar refractivity (Wildman–Crippen MR) is 72.9 cm³/mol. The second kappa shape index (κ2) is 5.13. The monoisotopic (exact) mass is 295 g/mol. The van der Waals surface area contributed by atoms with Crippen LogP contribution >= 0.6 is 11.6 Å². The number of carbonyl (C=O) groups excluding carboxylic acids is 3. The van der Waals surface area contributed by atoms with Gasteiger partial charge in [0, 0.05) is 18.0 Å². The number of amides is 4. The van der Waals surface area contributed by atoms with Crippen molar-refractivity contribution in [1.29, 1.82) is 0 Å². The third-order valence-electron chi connectivity index (χ3n) is 3.28. The molecule has 7 heteroatoms. The molecule has 1 aromatic rings. The van der Waals surface area contributed by atoms with Gasteiger partial charge >= 0.3 is 6.03 Å². The molecule has 0 aliphatic carbocycles. The zero-order valence-corrected chi connectivity index (χ0v) is 11.6. The molecule has 1 atom stereocenters. The largest absolute Gasteiger partial charge is 0.370 e. The van der Waals surface area contributed by atoms with Gasteiger partial charge in [0.05, 0.1) is 0 Å². The van der Waals surface area contributed by atoms with E-state index in [-0.39, 0.29) is 13.0 Å². The van der Waals surface area contributed by atoms with Gasteiger partial charge in [-0.3, -0.25) is 14.5 Å². The molecule has 1 fully saturated rings. The Balaban J connectivity index is 2.25. The minimum absolute atomic E-state index is 0.0246. The van der Waals surface area contributed by atoms with Gasteiger partial charge in [0.1, 0.15) is 5.54 Å². The molecular formula is C13H14ClN3O3. The first-order valence-corrected chi connectivity index (χ1v) is 6.41. The van der Waals surface area contributed by atoms with E-state index >= 15 is 0 Å². The van der Waals surface area contributed by atoms with E-state index in [9.17, 15) is 14.4 Å². The van der Waals surface area contributed by atoms with Gasteiger partial charge in [-0.1, -0.05) is 23.7 Å². The molecular weight excluding hydrogens is 282 g/mol. The van der Waals surface area contributed by atoms with Gasteiger partial charge in [0.25, 0.3) is 5.91 Å². The fourth-order valence-corrected chi connectivity index (χ4v) is 2.23. The molecule has 3 N–H and O–H groups in total. The standard InChI is InChI=1S/C13H14ClN3O3/c1-13(8-2-4-9(14)5-3-8)11(19)17(12(20)16-13)7-6-10(15)18/h2-5H,6-7H2,1H3,(H2,15,18)(H,16,20)/t13-/m1/s1. The fraction of sp³-hybridized carbons (Fsp3) is 0.308. The van der Waals surface area contributed by atoms with Gasteiger partial charge in [0.15, 0.2) is 0 Å². The number of nitrogens with one attached hydrogen (secondary N) is 1. The number of benzene rings is 1. The number of nitrogens with zero attached hydrogens (tertiary/aromatic N) is 1. The first kappa shape index (κ1) is 14.3. The molecule has 0 saturated carbocycles. The van der Waals surface area contributed by atoms with Crippen molar-refractivity contribution in [3.05, 3.63) is 34.9 Å². The molecule has 1 heterocycles. The number of nitrogens with two attached hydrogens (primary N) is 1. The van der Waals surface area contributed by atoms with Crippen LogP contribution in [-0.4, -0.2) is 29.3 Å². The smallest absolute Gasteiger partial charge is 0.325 e. The highest BCUT2D eigenvalue weighted by molar-refractivity contribution is 6.30. The molecule has 20 heavy (non-hydrogen) atoms. The van der Waals surface area contributed by atoms with Crippen molar-refractivity contribution >= 4 is 29.4 Å². The zero-order valence-electron chi connectivity index (χ0n) is 10.9. The molecule has 2 rings (SSSR count). The lowest BCUT2D eigenvalue weighted by Crippen LogP contribution is -2.41. The average molecular weight is 296 g/mol. The van der Waals surface area contributed by atoms with Gasteiger partial charge in [-0.25, -0.2) is 4.79 Å². The summed E-state index contributed by atoms with van der Waals surface area (Å²) in [5.74, 6) is -0.975. The summed E-state index contributed by atoms with van der Waals surface area (Å²) in [6.07, 6.45) is -0.0597. The number of urea groups is 1. The third-order valence-corrected chi connectivity index (χ3v) is 3.53. The normalized spacial score (nSPS) is 22.0. The molecule has 1 aliphatic heterocycles. The Kier molecular flexibility index (Phi) is 3.67. The van der Waals surface area contributed by atoms with Crippen LogP contribution in [0, 0.1) is 0 Å². The molecule has 106 valence electrons. The minimum Gasteiger partial charge on any atom is -0.370 e. The molecule has 1 aromatic carbocycles. The van der Waals surface area contributed by atoms with Crippen molar-refractivity contribution in [2.75, 3.05) is 6.54 Å². The lowest BCUT2D eigenvalue weighted by atomic mass is 9.92. The van der Waals surface area contributed by atoms with Crippen LogP contribution in [0.15, 0.2) is 24.3 Å². The van der Waals surface area contributed by atoms with E-state index in [1.807, 2.05) is 0 Å². The fourth-order valence-electron chi connectivity index (χ4n) is 2.10. The van der Waals surface area contributed by atoms with Crippen LogP contribution in [0.25, 0.3) is 0 Å². The number of primary amides is 1. The summed E-state index contributed by atoms with van der Waals surface area (Å²) in [4.78, 5) is 36.0. The molecule has 1 saturated heterocycles. The molecule has 0 unspecified atom stereocenters. The van der Waals surface area contributed by atoms with E-state index in [0.717, 1.165) is 4.90 Å². The van der Waals surface area contributed by atoms with Crippen molar-refractivity contribution in [3.8, 4) is 0 Å². The van der Waals surface area contributed by atoms with Crippen LogP contribution in [0.1, 0.15) is 18.9 Å². The van der Waals surface area contributed by atoms with Crippen LogP contribution in [-0.2, 0) is 15.1 Å². The van der Waals surface area contributed by atoms with E-state index in [0.29, 0.717) is 10.6 Å². The average Bonchev–Trinajstić information content (AvgIpc) is 2.59. The van der Waals surface area contributed by atoms with Gasteiger partial charge in [-0.15, -0.1) is 0 Å². The van der Waals surface area contributed by atoms with E-state index in [1.165, 1.54) is 0 Å². The quantitative estimate of drug-likeness (QED) is 0.811. The van der Waals surface area contributed by atoms with Crippen molar-refractivity contribution in [2.45, 2.75) is 18.9 Å². The molecule has 4 amide bonds. The Morgan fingerprint density at radius 2 is 1.95 bits per heavy atom. The molecule has 6 nitrogen and oxygen atoms in total. The Hall–Kier alpha value is -2.08. The highest BCUT2D eigenvalue weighted by Gasteiger charge is 2.48. The molecule has 0 spiro atoms. The number of hydrogen-bond acceptors (Lipinski definition) is 3. The SMILES string of the molecule is C[C@]1(c2ccc(Cl)cc2)NC(=O)N(CCC(N)=O)C1=O. The van der Waals surface area contributed by atoms with Crippen molar-refractivity contribution < 1.29 is 14.4 Å². The topological polar surface area (TPSA) is 92.5 Å². The van der Waals surface area contributed by atoms with Crippen LogP contribution in [0.2, 0.25) is 5.02 Å². The number of hydrogen-bond donors (Lipinski definition) is 2. The summed E-state index contributed by atoms with van der Waals surface area (Å²) in [5.41, 5.74) is 4.51. The number of imide groups is 1. The van der Waals surface area contributed by atoms with Gasteiger partial charge in [0.2, 0.25) is 5.91 Å². The van der Waals surface area contributed by atoms with Crippen LogP contribution < -0.4 is 11.1 Å². The van der Waals surface area contributed by atoms with E-state index in [4.69, 9.17) is 17.3 Å². The predicted octanol–water partition coefficient (Wildman–Crippen LogP) is 0.982. The maximum Gasteiger partial charge on any atom is 0.325 e. The highest BCUT2D eigenvalue weighted by Crippen LogP contribution is 2.29. The molecule has 1 aliphatic rings. The second-order valence-corrected chi connectivity index (χ2v) is 5.17. The minimum atomic E-state index is -1.15. The Morgan fingerprint density at radius 1 is 1.35 bits per heavy atom. The molecule has 0 bridgehead atoms. The summed E-state index contributed by atoms with van der Waals surface area (Å²) < 4.78 is 0. The summed E-state index contributed by atoms with van der Waals surface area (Å²) >= 11 is 5.81. The van der Waals surface area contributed by atoms with Gasteiger partial charge in [-0.05, 0) is 24.6 Å². The van der Waals surface area contributed by atoms with Crippen molar-refractivity contribution in [1.82, 2.24) is 10.2 Å².